The Hall–Kier alpha value is -3.91. The van der Waals surface area contributed by atoms with Crippen LogP contribution in [-0.4, -0.2) is 9.55 Å². The second kappa shape index (κ2) is 6.08. The van der Waals surface area contributed by atoms with E-state index in [-0.39, 0.29) is 5.41 Å². The van der Waals surface area contributed by atoms with E-state index in [1.165, 1.54) is 55.1 Å². The molecule has 6 aromatic rings. The maximum Gasteiger partial charge on any atom is 0.0588 e. The summed E-state index contributed by atoms with van der Waals surface area (Å²) in [4.78, 5) is 4.36. The van der Waals surface area contributed by atoms with Crippen molar-refractivity contribution in [1.29, 1.82) is 0 Å². The largest absolute Gasteiger partial charge is 0.308 e. The van der Waals surface area contributed by atoms with E-state index < -0.39 is 0 Å². The van der Waals surface area contributed by atoms with Gasteiger partial charge in [-0.25, -0.2) is 0 Å². The van der Waals surface area contributed by atoms with Gasteiger partial charge in [0.15, 0.2) is 0 Å². The minimum atomic E-state index is -0.0797. The average molecular weight is 411 g/mol. The molecule has 2 heterocycles. The van der Waals surface area contributed by atoms with Gasteiger partial charge in [0.05, 0.1) is 16.7 Å². The molecule has 0 radical (unpaired) electrons. The van der Waals surface area contributed by atoms with Crippen LogP contribution < -0.4 is 0 Å². The Morgan fingerprint density at radius 1 is 0.688 bits per heavy atom. The number of para-hydroxylation sites is 1. The third-order valence-corrected chi connectivity index (χ3v) is 7.25. The molecular weight excluding hydrogens is 388 g/mol. The van der Waals surface area contributed by atoms with Gasteiger partial charge < -0.3 is 4.57 Å². The Morgan fingerprint density at radius 3 is 2.47 bits per heavy atom. The van der Waals surface area contributed by atoms with Crippen LogP contribution in [0.3, 0.4) is 0 Å². The van der Waals surface area contributed by atoms with Crippen LogP contribution in [0, 0.1) is 0 Å². The van der Waals surface area contributed by atoms with Gasteiger partial charge in [-0.2, -0.15) is 0 Å². The lowest BCUT2D eigenvalue weighted by molar-refractivity contribution is 0.664. The van der Waals surface area contributed by atoms with E-state index in [2.05, 4.69) is 108 Å². The van der Waals surface area contributed by atoms with Crippen molar-refractivity contribution in [3.05, 3.63) is 108 Å². The molecule has 0 aliphatic heterocycles. The van der Waals surface area contributed by atoms with Gasteiger partial charge in [-0.3, -0.25) is 4.98 Å². The lowest BCUT2D eigenvalue weighted by Crippen LogP contribution is -2.16. The van der Waals surface area contributed by atoms with Crippen LogP contribution in [0.4, 0.5) is 0 Å². The van der Waals surface area contributed by atoms with E-state index in [9.17, 15) is 0 Å². The fourth-order valence-electron chi connectivity index (χ4n) is 5.86. The van der Waals surface area contributed by atoms with E-state index in [0.29, 0.717) is 0 Å². The summed E-state index contributed by atoms with van der Waals surface area (Å²) in [5, 5.41) is 4.98. The van der Waals surface area contributed by atoms with Crippen molar-refractivity contribution >= 4 is 32.6 Å². The van der Waals surface area contributed by atoms with Gasteiger partial charge in [0.25, 0.3) is 0 Å². The first-order chi connectivity index (χ1) is 15.7. The van der Waals surface area contributed by atoms with E-state index in [1.54, 1.807) is 0 Å². The molecule has 0 saturated heterocycles. The molecule has 0 bridgehead atoms. The van der Waals surface area contributed by atoms with Crippen LogP contribution in [0.1, 0.15) is 25.0 Å². The van der Waals surface area contributed by atoms with Crippen molar-refractivity contribution in [2.24, 2.45) is 0 Å². The molecule has 32 heavy (non-hydrogen) atoms. The monoisotopic (exact) mass is 410 g/mol. The van der Waals surface area contributed by atoms with Crippen molar-refractivity contribution in [2.45, 2.75) is 19.3 Å². The normalized spacial score (nSPS) is 14.2. The fourth-order valence-corrected chi connectivity index (χ4v) is 5.86. The molecule has 0 atom stereocenters. The molecule has 2 nitrogen and oxygen atoms in total. The lowest BCUT2D eigenvalue weighted by Gasteiger charge is -2.24. The number of pyridine rings is 1. The molecular formula is C30H22N2. The van der Waals surface area contributed by atoms with E-state index in [1.807, 2.05) is 12.4 Å². The first kappa shape index (κ1) is 17.7. The summed E-state index contributed by atoms with van der Waals surface area (Å²) >= 11 is 0. The van der Waals surface area contributed by atoms with Crippen LogP contribution >= 0.6 is 0 Å². The summed E-state index contributed by atoms with van der Waals surface area (Å²) in [6.07, 6.45) is 3.85. The summed E-state index contributed by atoms with van der Waals surface area (Å²) in [5.74, 6) is 0. The van der Waals surface area contributed by atoms with Crippen molar-refractivity contribution in [3.63, 3.8) is 0 Å². The molecule has 1 aliphatic carbocycles. The minimum Gasteiger partial charge on any atom is -0.308 e. The van der Waals surface area contributed by atoms with Gasteiger partial charge in [-0.05, 0) is 40.5 Å². The molecule has 0 saturated carbocycles. The highest BCUT2D eigenvalue weighted by Gasteiger charge is 2.38. The summed E-state index contributed by atoms with van der Waals surface area (Å²) < 4.78 is 2.49. The summed E-state index contributed by atoms with van der Waals surface area (Å²) in [7, 11) is 0. The molecule has 1 aliphatic rings. The van der Waals surface area contributed by atoms with Crippen LogP contribution in [0.5, 0.6) is 0 Å². The average Bonchev–Trinajstić information content (AvgIpc) is 3.28. The molecule has 7 rings (SSSR count). The van der Waals surface area contributed by atoms with Gasteiger partial charge >= 0.3 is 0 Å². The minimum absolute atomic E-state index is 0.0797. The fraction of sp³-hybridized carbons (Fsp3) is 0.100. The number of aromatic nitrogens is 2. The Bertz CT molecular complexity index is 1700. The maximum atomic E-state index is 4.36. The van der Waals surface area contributed by atoms with Gasteiger partial charge in [-0.15, -0.1) is 0 Å². The Kier molecular flexibility index (Phi) is 3.37. The second-order valence-corrected chi connectivity index (χ2v) is 9.28. The highest BCUT2D eigenvalue weighted by Crippen LogP contribution is 2.53. The third-order valence-electron chi connectivity index (χ3n) is 7.25. The smallest absolute Gasteiger partial charge is 0.0588 e. The summed E-state index contributed by atoms with van der Waals surface area (Å²) in [6.45, 7) is 4.73. The number of rotatable bonds is 1. The molecule has 0 amide bonds. The van der Waals surface area contributed by atoms with Crippen LogP contribution in [-0.2, 0) is 5.41 Å². The van der Waals surface area contributed by atoms with E-state index in [0.717, 1.165) is 5.39 Å². The van der Waals surface area contributed by atoms with Crippen molar-refractivity contribution in [1.82, 2.24) is 9.55 Å². The molecule has 4 aromatic carbocycles. The summed E-state index contributed by atoms with van der Waals surface area (Å²) in [6, 6.07) is 31.0. The molecule has 152 valence electrons. The Balaban J connectivity index is 1.73. The van der Waals surface area contributed by atoms with Gasteiger partial charge in [-0.1, -0.05) is 80.6 Å². The molecule has 0 N–H and O–H groups in total. The number of nitrogens with zero attached hydrogens (tertiary/aromatic N) is 2. The van der Waals surface area contributed by atoms with Crippen LogP contribution in [0.2, 0.25) is 0 Å². The predicted octanol–water partition coefficient (Wildman–Crippen LogP) is 7.64. The van der Waals surface area contributed by atoms with Gasteiger partial charge in [0.2, 0.25) is 0 Å². The summed E-state index contributed by atoms with van der Waals surface area (Å²) in [5.41, 5.74) is 9.21. The standard InChI is InChI=1S/C30H22N2/c1-30(2)25-11-5-3-9-21(25)23-14-15-24-22-10-4-6-12-27(22)32(29(24)28(23)30)26-13-7-8-19-18-31-17-16-20(19)26/h3-18H,1-2H3. The predicted molar refractivity (Wildman–Crippen MR) is 134 cm³/mol. The van der Waals surface area contributed by atoms with Crippen LogP contribution in [0.25, 0.3) is 49.4 Å². The number of fused-ring (bicyclic) bond motifs is 8. The zero-order chi connectivity index (χ0) is 21.4. The zero-order valence-electron chi connectivity index (χ0n) is 18.1. The first-order valence-electron chi connectivity index (χ1n) is 11.2. The molecule has 2 aromatic heterocycles. The van der Waals surface area contributed by atoms with E-state index in [4.69, 9.17) is 0 Å². The van der Waals surface area contributed by atoms with Crippen molar-refractivity contribution < 1.29 is 0 Å². The Labute approximate surface area is 186 Å². The molecule has 0 unspecified atom stereocenters. The van der Waals surface area contributed by atoms with Gasteiger partial charge in [0.1, 0.15) is 0 Å². The highest BCUT2D eigenvalue weighted by molar-refractivity contribution is 6.14. The second-order valence-electron chi connectivity index (χ2n) is 9.28. The van der Waals surface area contributed by atoms with Gasteiger partial charge in [0, 0.05) is 39.4 Å². The molecule has 0 spiro atoms. The van der Waals surface area contributed by atoms with Crippen molar-refractivity contribution in [2.75, 3.05) is 0 Å². The quantitative estimate of drug-likeness (QED) is 0.272. The number of hydrogen-bond donors (Lipinski definition) is 0. The zero-order valence-corrected chi connectivity index (χ0v) is 18.1. The number of benzene rings is 4. The van der Waals surface area contributed by atoms with Crippen LogP contribution in [0.15, 0.2) is 97.3 Å². The number of hydrogen-bond acceptors (Lipinski definition) is 1. The van der Waals surface area contributed by atoms with Crippen molar-refractivity contribution in [3.8, 4) is 16.8 Å². The van der Waals surface area contributed by atoms with E-state index >= 15 is 0 Å². The lowest BCUT2D eigenvalue weighted by atomic mass is 9.81. The maximum absolute atomic E-state index is 4.36. The molecule has 2 heteroatoms. The highest BCUT2D eigenvalue weighted by atomic mass is 15.0. The third kappa shape index (κ3) is 2.12. The topological polar surface area (TPSA) is 17.8 Å². The SMILES string of the molecule is CC1(C)c2ccccc2-c2ccc3c4ccccc4n(-c4cccc5cnccc45)c3c21. The Morgan fingerprint density at radius 2 is 1.53 bits per heavy atom. The molecule has 0 fully saturated rings. The first-order valence-corrected chi connectivity index (χ1v) is 11.2.